The van der Waals surface area contributed by atoms with Gasteiger partial charge in [-0.05, 0) is 12.1 Å². The number of hydrogen-bond donors (Lipinski definition) is 0. The van der Waals surface area contributed by atoms with Gasteiger partial charge in [0.1, 0.15) is 5.69 Å². The SMILES string of the molecule is O=C(COc1ccccc1F)N1CCN(C(=O)c2cnccn2)CC1. The fourth-order valence-electron chi connectivity index (χ4n) is 2.52. The Labute approximate surface area is 144 Å². The van der Waals surface area contributed by atoms with Gasteiger partial charge in [0.05, 0.1) is 6.20 Å². The van der Waals surface area contributed by atoms with E-state index in [1.807, 2.05) is 0 Å². The fraction of sp³-hybridized carbons (Fsp3) is 0.294. The van der Waals surface area contributed by atoms with E-state index >= 15 is 0 Å². The predicted octanol–water partition coefficient (Wildman–Crippen LogP) is 0.979. The molecule has 2 aromatic rings. The highest BCUT2D eigenvalue weighted by Gasteiger charge is 2.25. The number of ether oxygens (including phenoxy) is 1. The second-order valence-electron chi connectivity index (χ2n) is 5.48. The summed E-state index contributed by atoms with van der Waals surface area (Å²) in [5, 5.41) is 0. The molecule has 2 amide bonds. The minimum absolute atomic E-state index is 0.0484. The summed E-state index contributed by atoms with van der Waals surface area (Å²) in [6.45, 7) is 1.36. The van der Waals surface area contributed by atoms with E-state index in [0.717, 1.165) is 0 Å². The number of carbonyl (C=O) groups excluding carboxylic acids is 2. The van der Waals surface area contributed by atoms with Gasteiger partial charge >= 0.3 is 0 Å². The molecular formula is C17H17FN4O3. The maximum atomic E-state index is 13.5. The van der Waals surface area contributed by atoms with Crippen LogP contribution in [0, 0.1) is 5.82 Å². The van der Waals surface area contributed by atoms with E-state index in [0.29, 0.717) is 26.2 Å². The van der Waals surface area contributed by atoms with Crippen molar-refractivity contribution >= 4 is 11.8 Å². The van der Waals surface area contributed by atoms with Crippen LogP contribution in [0.15, 0.2) is 42.9 Å². The van der Waals surface area contributed by atoms with Crippen LogP contribution in [0.3, 0.4) is 0 Å². The molecule has 0 saturated carbocycles. The Hall–Kier alpha value is -3.03. The number of halogens is 1. The molecule has 1 saturated heterocycles. The highest BCUT2D eigenvalue weighted by Crippen LogP contribution is 2.15. The third kappa shape index (κ3) is 4.09. The van der Waals surface area contributed by atoms with Crippen molar-refractivity contribution in [2.45, 2.75) is 0 Å². The van der Waals surface area contributed by atoms with E-state index in [1.165, 1.54) is 30.7 Å². The smallest absolute Gasteiger partial charge is 0.274 e. The van der Waals surface area contributed by atoms with Gasteiger partial charge in [-0.25, -0.2) is 9.37 Å². The summed E-state index contributed by atoms with van der Waals surface area (Å²) in [5.41, 5.74) is 0.283. The summed E-state index contributed by atoms with van der Waals surface area (Å²) in [7, 11) is 0. The van der Waals surface area contributed by atoms with Crippen molar-refractivity contribution in [3.8, 4) is 5.75 Å². The number of rotatable bonds is 4. The number of hydrogen-bond acceptors (Lipinski definition) is 5. The Bertz CT molecular complexity index is 749. The van der Waals surface area contributed by atoms with Crippen LogP contribution in [0.4, 0.5) is 4.39 Å². The molecule has 0 unspecified atom stereocenters. The molecule has 2 heterocycles. The maximum Gasteiger partial charge on any atom is 0.274 e. The normalized spacial score (nSPS) is 14.3. The van der Waals surface area contributed by atoms with E-state index < -0.39 is 5.82 Å². The zero-order valence-electron chi connectivity index (χ0n) is 13.5. The van der Waals surface area contributed by atoms with Gasteiger partial charge < -0.3 is 14.5 Å². The first kappa shape index (κ1) is 16.8. The minimum atomic E-state index is -0.505. The van der Waals surface area contributed by atoms with Gasteiger partial charge in [0.15, 0.2) is 18.2 Å². The molecule has 25 heavy (non-hydrogen) atoms. The van der Waals surface area contributed by atoms with Crippen molar-refractivity contribution in [2.75, 3.05) is 32.8 Å². The molecule has 1 fully saturated rings. The van der Waals surface area contributed by atoms with Crippen LogP contribution < -0.4 is 4.74 Å². The maximum absolute atomic E-state index is 13.5. The highest BCUT2D eigenvalue weighted by atomic mass is 19.1. The number of aromatic nitrogens is 2. The van der Waals surface area contributed by atoms with Crippen LogP contribution in [0.5, 0.6) is 5.75 Å². The van der Waals surface area contributed by atoms with E-state index in [9.17, 15) is 14.0 Å². The highest BCUT2D eigenvalue weighted by molar-refractivity contribution is 5.92. The number of carbonyl (C=O) groups is 2. The molecule has 1 aromatic carbocycles. The summed E-state index contributed by atoms with van der Waals surface area (Å²) >= 11 is 0. The molecule has 7 nitrogen and oxygen atoms in total. The second-order valence-corrected chi connectivity index (χ2v) is 5.48. The summed E-state index contributed by atoms with van der Waals surface area (Å²) in [5.74, 6) is -0.903. The first-order valence-corrected chi connectivity index (χ1v) is 7.85. The van der Waals surface area contributed by atoms with E-state index in [-0.39, 0.29) is 29.9 Å². The molecular weight excluding hydrogens is 327 g/mol. The molecule has 130 valence electrons. The molecule has 0 aliphatic carbocycles. The summed E-state index contributed by atoms with van der Waals surface area (Å²) in [4.78, 5) is 35.6. The largest absolute Gasteiger partial charge is 0.481 e. The van der Waals surface area contributed by atoms with Crippen molar-refractivity contribution < 1.29 is 18.7 Å². The Morgan fingerprint density at radius 2 is 1.80 bits per heavy atom. The fourth-order valence-corrected chi connectivity index (χ4v) is 2.52. The average Bonchev–Trinajstić information content (AvgIpc) is 2.67. The molecule has 1 aliphatic heterocycles. The van der Waals surface area contributed by atoms with E-state index in [2.05, 4.69) is 9.97 Å². The Balaban J connectivity index is 1.49. The molecule has 1 aliphatic rings. The number of nitrogens with zero attached hydrogens (tertiary/aromatic N) is 4. The van der Waals surface area contributed by atoms with Crippen molar-refractivity contribution in [3.63, 3.8) is 0 Å². The lowest BCUT2D eigenvalue weighted by Crippen LogP contribution is -2.51. The average molecular weight is 344 g/mol. The Morgan fingerprint density at radius 1 is 1.08 bits per heavy atom. The van der Waals surface area contributed by atoms with Crippen LogP contribution in [0.25, 0.3) is 0 Å². The lowest BCUT2D eigenvalue weighted by atomic mass is 10.2. The van der Waals surface area contributed by atoms with Crippen LogP contribution in [-0.4, -0.2) is 64.4 Å². The number of para-hydroxylation sites is 1. The third-order valence-electron chi connectivity index (χ3n) is 3.89. The van der Waals surface area contributed by atoms with Gasteiger partial charge in [0.25, 0.3) is 11.8 Å². The number of amides is 2. The molecule has 0 N–H and O–H groups in total. The van der Waals surface area contributed by atoms with Gasteiger partial charge in [-0.2, -0.15) is 0 Å². The molecule has 0 bridgehead atoms. The van der Waals surface area contributed by atoms with Crippen LogP contribution in [-0.2, 0) is 4.79 Å². The van der Waals surface area contributed by atoms with Crippen molar-refractivity contribution in [1.29, 1.82) is 0 Å². The van der Waals surface area contributed by atoms with E-state index in [4.69, 9.17) is 4.74 Å². The summed E-state index contributed by atoms with van der Waals surface area (Å²) in [6.07, 6.45) is 4.39. The van der Waals surface area contributed by atoms with Gasteiger partial charge in [-0.1, -0.05) is 12.1 Å². The van der Waals surface area contributed by atoms with Crippen molar-refractivity contribution in [3.05, 3.63) is 54.4 Å². The number of benzene rings is 1. The Kier molecular flexibility index (Phi) is 5.17. The molecule has 1 aromatic heterocycles. The summed E-state index contributed by atoms with van der Waals surface area (Å²) in [6, 6.07) is 5.94. The molecule has 8 heteroatoms. The first-order valence-electron chi connectivity index (χ1n) is 7.85. The number of piperazine rings is 1. The monoisotopic (exact) mass is 344 g/mol. The minimum Gasteiger partial charge on any atom is -0.481 e. The van der Waals surface area contributed by atoms with Gasteiger partial charge in [-0.15, -0.1) is 0 Å². The molecule has 0 radical (unpaired) electrons. The molecule has 0 spiro atoms. The summed E-state index contributed by atoms with van der Waals surface area (Å²) < 4.78 is 18.7. The van der Waals surface area contributed by atoms with Gasteiger partial charge in [-0.3, -0.25) is 14.6 Å². The van der Waals surface area contributed by atoms with Crippen LogP contribution in [0.1, 0.15) is 10.5 Å². The third-order valence-corrected chi connectivity index (χ3v) is 3.89. The second kappa shape index (κ2) is 7.69. The topological polar surface area (TPSA) is 75.6 Å². The Morgan fingerprint density at radius 3 is 2.48 bits per heavy atom. The molecule has 3 rings (SSSR count). The van der Waals surface area contributed by atoms with Gasteiger partial charge in [0.2, 0.25) is 0 Å². The zero-order chi connectivity index (χ0) is 17.6. The van der Waals surface area contributed by atoms with Crippen molar-refractivity contribution in [2.24, 2.45) is 0 Å². The quantitative estimate of drug-likeness (QED) is 0.826. The molecule has 0 atom stereocenters. The lowest BCUT2D eigenvalue weighted by molar-refractivity contribution is -0.134. The van der Waals surface area contributed by atoms with Crippen LogP contribution in [0.2, 0.25) is 0 Å². The standard InChI is InChI=1S/C17H17FN4O3/c18-13-3-1-2-4-15(13)25-12-16(23)21-7-9-22(10-8-21)17(24)14-11-19-5-6-20-14/h1-6,11H,7-10,12H2. The van der Waals surface area contributed by atoms with E-state index in [1.54, 1.807) is 21.9 Å². The van der Waals surface area contributed by atoms with Crippen LogP contribution >= 0.6 is 0 Å². The predicted molar refractivity (Wildman–Crippen MR) is 86.4 cm³/mol. The lowest BCUT2D eigenvalue weighted by Gasteiger charge is -2.34. The van der Waals surface area contributed by atoms with Crippen molar-refractivity contribution in [1.82, 2.24) is 19.8 Å². The zero-order valence-corrected chi connectivity index (χ0v) is 13.5. The first-order chi connectivity index (χ1) is 12.1. The van der Waals surface area contributed by atoms with Gasteiger partial charge in [0, 0.05) is 38.6 Å².